The summed E-state index contributed by atoms with van der Waals surface area (Å²) in [7, 11) is 0. The van der Waals surface area contributed by atoms with E-state index in [2.05, 4.69) is 9.57 Å². The lowest BCUT2D eigenvalue weighted by Crippen LogP contribution is -2.31. The first kappa shape index (κ1) is 18.9. The number of aliphatic hydroxyl groups excluding tert-OH is 3. The number of carbonyl (C=O) groups is 3. The van der Waals surface area contributed by atoms with Crippen molar-refractivity contribution in [2.75, 3.05) is 6.61 Å². The third-order valence-corrected chi connectivity index (χ3v) is 3.05. The van der Waals surface area contributed by atoms with Crippen molar-refractivity contribution in [3.05, 3.63) is 11.5 Å². The molecule has 0 aromatic heterocycles. The van der Waals surface area contributed by atoms with E-state index in [0.29, 0.717) is 0 Å². The quantitative estimate of drug-likeness (QED) is 0.249. The van der Waals surface area contributed by atoms with E-state index in [4.69, 9.17) is 15.7 Å². The molecule has 0 unspecified atom stereocenters. The van der Waals surface area contributed by atoms with Gasteiger partial charge in [0, 0.05) is 0 Å². The van der Waals surface area contributed by atoms with Crippen LogP contribution in [0.4, 0.5) is 0 Å². The number of nitrogens with two attached hydrogens (primary N) is 1. The molecule has 0 aliphatic carbocycles. The van der Waals surface area contributed by atoms with E-state index in [0.717, 1.165) is 0 Å². The number of cyclic esters (lactones) is 1. The molecule has 1 aliphatic heterocycles. The Balaban J connectivity index is 2.94. The van der Waals surface area contributed by atoms with Gasteiger partial charge in [-0.2, -0.15) is 5.90 Å². The van der Waals surface area contributed by atoms with Crippen LogP contribution in [0.1, 0.15) is 20.3 Å². The summed E-state index contributed by atoms with van der Waals surface area (Å²) in [5, 5.41) is 28.0. The first-order valence-electron chi connectivity index (χ1n) is 6.78. The molecule has 0 spiro atoms. The molecule has 5 N–H and O–H groups in total. The monoisotopic (exact) mass is 333 g/mol. The van der Waals surface area contributed by atoms with Gasteiger partial charge in [-0.25, -0.2) is 9.59 Å². The smallest absolute Gasteiger partial charge is 0.378 e. The van der Waals surface area contributed by atoms with E-state index < -0.39 is 54.2 Å². The van der Waals surface area contributed by atoms with Crippen LogP contribution in [-0.2, 0) is 28.7 Å². The second-order valence-corrected chi connectivity index (χ2v) is 5.33. The topological polar surface area (TPSA) is 166 Å². The number of aliphatic hydroxyl groups is 3. The minimum Gasteiger partial charge on any atom is -0.505 e. The van der Waals surface area contributed by atoms with Gasteiger partial charge in [-0.1, -0.05) is 13.8 Å². The molecule has 1 rings (SSSR count). The highest BCUT2D eigenvalue weighted by atomic mass is 16.7. The maximum Gasteiger partial charge on any atom is 0.378 e. The minimum absolute atomic E-state index is 0.0423. The molecule has 0 radical (unpaired) electrons. The molecule has 0 amide bonds. The van der Waals surface area contributed by atoms with Crippen molar-refractivity contribution in [1.82, 2.24) is 0 Å². The molecule has 0 aromatic rings. The van der Waals surface area contributed by atoms with Gasteiger partial charge in [-0.05, 0) is 12.3 Å². The summed E-state index contributed by atoms with van der Waals surface area (Å²) in [4.78, 5) is 39.2. The number of hydrogen-bond donors (Lipinski definition) is 4. The molecular weight excluding hydrogens is 314 g/mol. The standard InChI is InChI=1S/C13H19NO9/c1-5(2)3-6(12(19)23-14)11(18)22-10-8(17)9(7(16)4-15)21-13(10)20/h5-7,9,15-17H,3-4,14H2,1-2H3/t6-,7+,9-/m1/s1. The van der Waals surface area contributed by atoms with Crippen molar-refractivity contribution < 1.29 is 44.0 Å². The minimum atomic E-state index is -1.59. The first-order valence-corrected chi connectivity index (χ1v) is 6.78. The van der Waals surface area contributed by atoms with Gasteiger partial charge in [0.15, 0.2) is 17.8 Å². The van der Waals surface area contributed by atoms with Gasteiger partial charge in [0.1, 0.15) is 6.10 Å². The number of rotatable bonds is 7. The van der Waals surface area contributed by atoms with Gasteiger partial charge in [0.2, 0.25) is 0 Å². The highest BCUT2D eigenvalue weighted by molar-refractivity contribution is 5.98. The normalized spacial score (nSPS) is 20.3. The van der Waals surface area contributed by atoms with Crippen LogP contribution in [0.2, 0.25) is 0 Å². The predicted octanol–water partition coefficient (Wildman–Crippen LogP) is -1.34. The summed E-state index contributed by atoms with van der Waals surface area (Å²) in [6, 6.07) is 0. The lowest BCUT2D eigenvalue weighted by Gasteiger charge is -2.15. The number of hydrogen-bond acceptors (Lipinski definition) is 10. The van der Waals surface area contributed by atoms with Gasteiger partial charge in [-0.3, -0.25) is 4.79 Å². The van der Waals surface area contributed by atoms with Gasteiger partial charge < -0.3 is 29.6 Å². The molecule has 23 heavy (non-hydrogen) atoms. The second-order valence-electron chi connectivity index (χ2n) is 5.33. The van der Waals surface area contributed by atoms with Crippen LogP contribution in [0.5, 0.6) is 0 Å². The average molecular weight is 333 g/mol. The molecule has 10 heteroatoms. The molecular formula is C13H19NO9. The van der Waals surface area contributed by atoms with Crippen molar-refractivity contribution in [2.24, 2.45) is 17.7 Å². The van der Waals surface area contributed by atoms with Crippen LogP contribution in [0.3, 0.4) is 0 Å². The Bertz CT molecular complexity index is 514. The van der Waals surface area contributed by atoms with Crippen molar-refractivity contribution in [1.29, 1.82) is 0 Å². The molecule has 3 atom stereocenters. The van der Waals surface area contributed by atoms with Crippen LogP contribution in [-0.4, -0.2) is 52.0 Å². The van der Waals surface area contributed by atoms with E-state index in [9.17, 15) is 24.6 Å². The molecule has 10 nitrogen and oxygen atoms in total. The lowest BCUT2D eigenvalue weighted by molar-refractivity contribution is -0.164. The van der Waals surface area contributed by atoms with E-state index >= 15 is 0 Å². The molecule has 0 saturated carbocycles. The maximum atomic E-state index is 12.0. The summed E-state index contributed by atoms with van der Waals surface area (Å²) in [5.74, 6) is -1.86. The number of ether oxygens (including phenoxy) is 2. The van der Waals surface area contributed by atoms with Gasteiger partial charge >= 0.3 is 17.9 Å². The van der Waals surface area contributed by atoms with Crippen molar-refractivity contribution in [2.45, 2.75) is 32.5 Å². The average Bonchev–Trinajstić information content (AvgIpc) is 2.78. The molecule has 1 heterocycles. The molecule has 0 aromatic carbocycles. The Labute approximate surface area is 131 Å². The Morgan fingerprint density at radius 3 is 2.43 bits per heavy atom. The number of carbonyl (C=O) groups excluding carboxylic acids is 3. The summed E-state index contributed by atoms with van der Waals surface area (Å²) >= 11 is 0. The van der Waals surface area contributed by atoms with E-state index in [1.807, 2.05) is 0 Å². The molecule has 0 saturated heterocycles. The Morgan fingerprint density at radius 1 is 1.35 bits per heavy atom. The maximum absolute atomic E-state index is 12.0. The fourth-order valence-corrected chi connectivity index (χ4v) is 1.92. The van der Waals surface area contributed by atoms with Crippen LogP contribution >= 0.6 is 0 Å². The fourth-order valence-electron chi connectivity index (χ4n) is 1.92. The van der Waals surface area contributed by atoms with Gasteiger partial charge in [0.05, 0.1) is 6.61 Å². The number of esters is 2. The summed E-state index contributed by atoms with van der Waals surface area (Å²) < 4.78 is 9.31. The molecule has 1 aliphatic rings. The summed E-state index contributed by atoms with van der Waals surface area (Å²) in [6.07, 6.45) is -3.10. The zero-order valence-electron chi connectivity index (χ0n) is 12.6. The van der Waals surface area contributed by atoms with Crippen molar-refractivity contribution in [3.63, 3.8) is 0 Å². The third kappa shape index (κ3) is 4.41. The zero-order valence-corrected chi connectivity index (χ0v) is 12.6. The SMILES string of the molecule is CC(C)C[C@@H](C(=O)ON)C(=O)OC1=C(O)[C@@H]([C@@H](O)CO)OC1=O. The molecule has 130 valence electrons. The van der Waals surface area contributed by atoms with Gasteiger partial charge in [-0.15, -0.1) is 0 Å². The van der Waals surface area contributed by atoms with Crippen molar-refractivity contribution >= 4 is 17.9 Å². The van der Waals surface area contributed by atoms with Crippen molar-refractivity contribution in [3.8, 4) is 0 Å². The molecule has 0 bridgehead atoms. The van der Waals surface area contributed by atoms with E-state index in [-0.39, 0.29) is 12.3 Å². The van der Waals surface area contributed by atoms with Crippen LogP contribution in [0.15, 0.2) is 11.5 Å². The largest absolute Gasteiger partial charge is 0.505 e. The summed E-state index contributed by atoms with van der Waals surface area (Å²) in [6.45, 7) is 2.68. The lowest BCUT2D eigenvalue weighted by atomic mass is 9.97. The second kappa shape index (κ2) is 7.90. The first-order chi connectivity index (χ1) is 10.7. The highest BCUT2D eigenvalue weighted by Gasteiger charge is 2.43. The molecule has 0 fully saturated rings. The fraction of sp³-hybridized carbons (Fsp3) is 0.615. The van der Waals surface area contributed by atoms with E-state index in [1.54, 1.807) is 13.8 Å². The Morgan fingerprint density at radius 2 is 1.96 bits per heavy atom. The predicted molar refractivity (Wildman–Crippen MR) is 71.9 cm³/mol. The summed E-state index contributed by atoms with van der Waals surface area (Å²) in [5.41, 5.74) is 0. The third-order valence-electron chi connectivity index (χ3n) is 3.05. The van der Waals surface area contributed by atoms with Crippen LogP contribution < -0.4 is 5.90 Å². The highest BCUT2D eigenvalue weighted by Crippen LogP contribution is 2.26. The zero-order chi connectivity index (χ0) is 17.7. The van der Waals surface area contributed by atoms with Crippen LogP contribution in [0.25, 0.3) is 0 Å². The Kier molecular flexibility index (Phi) is 6.49. The van der Waals surface area contributed by atoms with E-state index in [1.165, 1.54) is 0 Å². The van der Waals surface area contributed by atoms with Crippen LogP contribution in [0, 0.1) is 11.8 Å². The van der Waals surface area contributed by atoms with Gasteiger partial charge in [0.25, 0.3) is 5.76 Å². The Hall–Kier alpha value is -2.17.